The highest BCUT2D eigenvalue weighted by Gasteiger charge is 2.48. The lowest BCUT2D eigenvalue weighted by Gasteiger charge is -2.41. The number of hydrogen-bond donors (Lipinski definition) is 2. The zero-order valence-corrected chi connectivity index (χ0v) is 17.4. The Hall–Kier alpha value is -3.26. The number of allylic oxidation sites excluding steroid dienone is 1. The second-order valence-corrected chi connectivity index (χ2v) is 9.03. The van der Waals surface area contributed by atoms with Gasteiger partial charge in [-0.05, 0) is 55.0 Å². The number of nitrogens with one attached hydrogen (secondary N) is 2. The van der Waals surface area contributed by atoms with Crippen LogP contribution in [0.3, 0.4) is 0 Å². The summed E-state index contributed by atoms with van der Waals surface area (Å²) >= 11 is 0. The topological polar surface area (TPSA) is 27.8 Å². The first-order valence-electron chi connectivity index (χ1n) is 10.9. The third-order valence-corrected chi connectivity index (χ3v) is 7.10. The Balaban J connectivity index is 1.57. The van der Waals surface area contributed by atoms with Gasteiger partial charge in [-0.3, -0.25) is 0 Å². The van der Waals surface area contributed by atoms with Crippen molar-refractivity contribution in [3.63, 3.8) is 0 Å². The van der Waals surface area contributed by atoms with Gasteiger partial charge in [0.05, 0.1) is 5.54 Å². The molecule has 3 aromatic carbocycles. The average Bonchev–Trinajstić information content (AvgIpc) is 3.26. The van der Waals surface area contributed by atoms with Crippen LogP contribution in [0.25, 0.3) is 16.5 Å². The van der Waals surface area contributed by atoms with Gasteiger partial charge in [-0.15, -0.1) is 0 Å². The minimum atomic E-state index is -0.109. The third-order valence-electron chi connectivity index (χ3n) is 7.10. The minimum absolute atomic E-state index is 0.109. The number of aromatic nitrogens is 1. The van der Waals surface area contributed by atoms with Crippen LogP contribution < -0.4 is 5.32 Å². The van der Waals surface area contributed by atoms with Crippen LogP contribution in [0.5, 0.6) is 0 Å². The van der Waals surface area contributed by atoms with E-state index in [0.29, 0.717) is 11.8 Å². The van der Waals surface area contributed by atoms with E-state index in [1.807, 2.05) is 0 Å². The molecule has 2 aliphatic rings. The quantitative estimate of drug-likeness (QED) is 0.378. The highest BCUT2D eigenvalue weighted by Crippen LogP contribution is 2.57. The Morgan fingerprint density at radius 2 is 1.60 bits per heavy atom. The SMILES string of the molecule is Cc1[nH]c2ccccc2c1C1=C[C@@]2(C)Nc3ccccc3[C@@H]2[C@H](c2ccccc2)C1. The molecule has 0 bridgehead atoms. The van der Waals surface area contributed by atoms with Gasteiger partial charge in [0.2, 0.25) is 0 Å². The number of para-hydroxylation sites is 2. The summed E-state index contributed by atoms with van der Waals surface area (Å²) in [6, 6.07) is 28.6. The van der Waals surface area contributed by atoms with Crippen molar-refractivity contribution in [1.29, 1.82) is 0 Å². The van der Waals surface area contributed by atoms with Gasteiger partial charge in [0.15, 0.2) is 0 Å². The first-order chi connectivity index (χ1) is 14.6. The number of H-pyrrole nitrogens is 1. The molecule has 30 heavy (non-hydrogen) atoms. The van der Waals surface area contributed by atoms with Crippen LogP contribution >= 0.6 is 0 Å². The van der Waals surface area contributed by atoms with Crippen molar-refractivity contribution in [2.24, 2.45) is 0 Å². The van der Waals surface area contributed by atoms with E-state index in [1.54, 1.807) is 0 Å². The Labute approximate surface area is 177 Å². The number of rotatable bonds is 2. The number of fused-ring (bicyclic) bond motifs is 4. The predicted molar refractivity (Wildman–Crippen MR) is 126 cm³/mol. The van der Waals surface area contributed by atoms with E-state index < -0.39 is 0 Å². The van der Waals surface area contributed by atoms with E-state index in [2.05, 4.69) is 109 Å². The molecule has 0 spiro atoms. The molecule has 0 amide bonds. The van der Waals surface area contributed by atoms with Gasteiger partial charge >= 0.3 is 0 Å². The standard InChI is InChI=1S/C28H26N2/c1-18-26(21-12-6-8-14-24(21)29-18)20-16-23(19-10-4-3-5-11-19)27-22-13-7-9-15-25(22)30-28(27,2)17-20/h3-15,17,23,27,29-30H,16H2,1-2H3/t23-,27+,28+/m0/s1. The van der Waals surface area contributed by atoms with E-state index in [1.165, 1.54) is 44.5 Å². The molecule has 2 nitrogen and oxygen atoms in total. The molecule has 0 saturated carbocycles. The maximum absolute atomic E-state index is 3.89. The van der Waals surface area contributed by atoms with Crippen LogP contribution in [0.15, 0.2) is 84.9 Å². The number of benzene rings is 3. The van der Waals surface area contributed by atoms with Crippen molar-refractivity contribution in [3.05, 3.63) is 107 Å². The fraction of sp³-hybridized carbons (Fsp3) is 0.214. The lowest BCUT2D eigenvalue weighted by molar-refractivity contribution is 0.426. The molecule has 0 saturated heterocycles. The summed E-state index contributed by atoms with van der Waals surface area (Å²) in [7, 11) is 0. The molecule has 0 fully saturated rings. The second kappa shape index (κ2) is 6.37. The zero-order chi connectivity index (χ0) is 20.3. The fourth-order valence-electron chi connectivity index (χ4n) is 5.98. The van der Waals surface area contributed by atoms with Crippen molar-refractivity contribution in [1.82, 2.24) is 4.98 Å². The molecule has 1 aliphatic heterocycles. The fourth-order valence-corrected chi connectivity index (χ4v) is 5.98. The largest absolute Gasteiger partial charge is 0.376 e. The van der Waals surface area contributed by atoms with Gasteiger partial charge < -0.3 is 10.3 Å². The lowest BCUT2D eigenvalue weighted by atomic mass is 9.65. The highest BCUT2D eigenvalue weighted by atomic mass is 15.0. The van der Waals surface area contributed by atoms with Crippen LogP contribution in [-0.4, -0.2) is 10.5 Å². The van der Waals surface area contributed by atoms with Crippen LogP contribution in [0.4, 0.5) is 5.69 Å². The highest BCUT2D eigenvalue weighted by molar-refractivity contribution is 5.95. The molecule has 2 heterocycles. The van der Waals surface area contributed by atoms with Gasteiger partial charge in [0.25, 0.3) is 0 Å². The minimum Gasteiger partial charge on any atom is -0.376 e. The molecule has 1 aromatic heterocycles. The molecule has 1 aliphatic carbocycles. The Kier molecular flexibility index (Phi) is 3.73. The van der Waals surface area contributed by atoms with Crippen LogP contribution in [0.1, 0.15) is 47.6 Å². The predicted octanol–water partition coefficient (Wildman–Crippen LogP) is 7.02. The van der Waals surface area contributed by atoms with E-state index in [-0.39, 0.29) is 5.54 Å². The summed E-state index contributed by atoms with van der Waals surface area (Å²) in [5.74, 6) is 0.853. The molecule has 2 N–H and O–H groups in total. The van der Waals surface area contributed by atoms with Crippen molar-refractivity contribution in [2.75, 3.05) is 5.32 Å². The Morgan fingerprint density at radius 1 is 0.867 bits per heavy atom. The number of aromatic amines is 1. The van der Waals surface area contributed by atoms with Crippen LogP contribution in [-0.2, 0) is 0 Å². The Morgan fingerprint density at radius 3 is 2.47 bits per heavy atom. The normalized spacial score (nSPS) is 24.8. The van der Waals surface area contributed by atoms with E-state index in [4.69, 9.17) is 0 Å². The summed E-state index contributed by atoms with van der Waals surface area (Å²) in [6.07, 6.45) is 3.56. The summed E-state index contributed by atoms with van der Waals surface area (Å²) in [6.45, 7) is 4.58. The second-order valence-electron chi connectivity index (χ2n) is 9.03. The van der Waals surface area contributed by atoms with Crippen molar-refractivity contribution < 1.29 is 0 Å². The van der Waals surface area contributed by atoms with Gasteiger partial charge in [0, 0.05) is 33.8 Å². The first kappa shape index (κ1) is 17.6. The van der Waals surface area contributed by atoms with Gasteiger partial charge in [-0.25, -0.2) is 0 Å². The van der Waals surface area contributed by atoms with Crippen molar-refractivity contribution in [3.8, 4) is 0 Å². The zero-order valence-electron chi connectivity index (χ0n) is 17.4. The molecule has 148 valence electrons. The monoisotopic (exact) mass is 390 g/mol. The lowest BCUT2D eigenvalue weighted by Crippen LogP contribution is -2.40. The summed E-state index contributed by atoms with van der Waals surface area (Å²) < 4.78 is 0. The van der Waals surface area contributed by atoms with Gasteiger partial charge in [0.1, 0.15) is 0 Å². The summed E-state index contributed by atoms with van der Waals surface area (Å²) in [5.41, 5.74) is 9.34. The van der Waals surface area contributed by atoms with E-state index in [9.17, 15) is 0 Å². The Bertz CT molecular complexity index is 1280. The molecule has 0 unspecified atom stereocenters. The van der Waals surface area contributed by atoms with E-state index in [0.717, 1.165) is 6.42 Å². The number of anilines is 1. The van der Waals surface area contributed by atoms with E-state index >= 15 is 0 Å². The number of aryl methyl sites for hydroxylation is 1. The van der Waals surface area contributed by atoms with Crippen LogP contribution in [0, 0.1) is 6.92 Å². The number of hydrogen-bond acceptors (Lipinski definition) is 1. The molecule has 6 rings (SSSR count). The molecular weight excluding hydrogens is 364 g/mol. The molecule has 2 heteroatoms. The smallest absolute Gasteiger partial charge is 0.0609 e. The maximum atomic E-state index is 3.89. The average molecular weight is 391 g/mol. The van der Waals surface area contributed by atoms with Crippen LogP contribution in [0.2, 0.25) is 0 Å². The van der Waals surface area contributed by atoms with Gasteiger partial charge in [-0.2, -0.15) is 0 Å². The van der Waals surface area contributed by atoms with Gasteiger partial charge in [-0.1, -0.05) is 72.8 Å². The van der Waals surface area contributed by atoms with Crippen molar-refractivity contribution >= 4 is 22.2 Å². The van der Waals surface area contributed by atoms with Crippen molar-refractivity contribution in [2.45, 2.75) is 37.6 Å². The molecular formula is C28H26N2. The molecule has 3 atom stereocenters. The first-order valence-corrected chi connectivity index (χ1v) is 10.9. The molecule has 4 aromatic rings. The summed E-state index contributed by atoms with van der Waals surface area (Å²) in [5, 5.41) is 5.21. The third kappa shape index (κ3) is 2.50. The molecule has 0 radical (unpaired) electrons. The maximum Gasteiger partial charge on any atom is 0.0609 e. The summed E-state index contributed by atoms with van der Waals surface area (Å²) in [4.78, 5) is 3.61.